The first-order valence-electron chi connectivity index (χ1n) is 8.64. The molecule has 2 aliphatic rings. The molecule has 0 aromatic heterocycles. The first-order chi connectivity index (χ1) is 12.4. The predicted molar refractivity (Wildman–Crippen MR) is 92.5 cm³/mol. The van der Waals surface area contributed by atoms with E-state index in [0.29, 0.717) is 25.9 Å². The van der Waals surface area contributed by atoms with Gasteiger partial charge in [-0.2, -0.15) is 13.2 Å². The Kier molecular flexibility index (Phi) is 4.03. The molecule has 1 N–H and O–H groups in total. The lowest BCUT2D eigenvalue weighted by Gasteiger charge is -2.33. The van der Waals surface area contributed by atoms with Crippen LogP contribution >= 0.6 is 0 Å². The molecule has 1 spiro atoms. The maximum atomic E-state index is 13.2. The van der Waals surface area contributed by atoms with Crippen LogP contribution in [0.4, 0.5) is 18.9 Å². The Labute approximate surface area is 149 Å². The highest BCUT2D eigenvalue weighted by Crippen LogP contribution is 2.41. The number of benzene rings is 2. The highest BCUT2D eigenvalue weighted by molar-refractivity contribution is 5.98. The van der Waals surface area contributed by atoms with Crippen LogP contribution in [0, 0.1) is 5.41 Å². The lowest BCUT2D eigenvalue weighted by molar-refractivity contribution is -0.138. The third-order valence-corrected chi connectivity index (χ3v) is 5.43. The topological polar surface area (TPSA) is 32.3 Å². The number of para-hydroxylation sites is 1. The molecule has 2 aromatic rings. The van der Waals surface area contributed by atoms with Crippen molar-refractivity contribution in [1.82, 2.24) is 4.90 Å². The van der Waals surface area contributed by atoms with Gasteiger partial charge in [-0.15, -0.1) is 0 Å². The Bertz CT molecular complexity index is 849. The summed E-state index contributed by atoms with van der Waals surface area (Å²) < 4.78 is 39.6. The van der Waals surface area contributed by atoms with Crippen molar-refractivity contribution in [3.05, 3.63) is 65.2 Å². The summed E-state index contributed by atoms with van der Waals surface area (Å²) in [5, 5.41) is 2.97. The number of halogens is 3. The van der Waals surface area contributed by atoms with Crippen LogP contribution in [-0.2, 0) is 23.9 Å². The molecule has 1 unspecified atom stereocenters. The van der Waals surface area contributed by atoms with Gasteiger partial charge in [0.15, 0.2) is 0 Å². The molecule has 2 heterocycles. The van der Waals surface area contributed by atoms with Gasteiger partial charge >= 0.3 is 6.18 Å². The van der Waals surface area contributed by atoms with Gasteiger partial charge in [-0.1, -0.05) is 36.4 Å². The van der Waals surface area contributed by atoms with Crippen LogP contribution in [0.1, 0.15) is 23.1 Å². The highest BCUT2D eigenvalue weighted by atomic mass is 19.4. The monoisotopic (exact) mass is 360 g/mol. The van der Waals surface area contributed by atoms with Crippen LogP contribution in [0.15, 0.2) is 48.5 Å². The second kappa shape index (κ2) is 6.13. The van der Waals surface area contributed by atoms with Crippen molar-refractivity contribution in [1.29, 1.82) is 0 Å². The molecule has 1 atom stereocenters. The molecular weight excluding hydrogens is 341 g/mol. The summed E-state index contributed by atoms with van der Waals surface area (Å²) in [5.41, 5.74) is 1.03. The third-order valence-electron chi connectivity index (χ3n) is 5.43. The molecule has 0 aliphatic carbocycles. The number of rotatable bonds is 2. The Morgan fingerprint density at radius 2 is 1.81 bits per heavy atom. The summed E-state index contributed by atoms with van der Waals surface area (Å²) in [7, 11) is 0. The molecule has 2 aliphatic heterocycles. The summed E-state index contributed by atoms with van der Waals surface area (Å²) in [6.45, 7) is 1.29. The number of anilines is 1. The van der Waals surface area contributed by atoms with E-state index in [9.17, 15) is 18.0 Å². The van der Waals surface area contributed by atoms with Crippen LogP contribution in [0.5, 0.6) is 0 Å². The van der Waals surface area contributed by atoms with E-state index in [1.165, 1.54) is 12.1 Å². The maximum absolute atomic E-state index is 13.2. The van der Waals surface area contributed by atoms with Crippen LogP contribution in [0.2, 0.25) is 0 Å². The van der Waals surface area contributed by atoms with E-state index in [4.69, 9.17) is 0 Å². The number of alkyl halides is 3. The number of fused-ring (bicyclic) bond motifs is 1. The van der Waals surface area contributed by atoms with Gasteiger partial charge in [-0.3, -0.25) is 9.69 Å². The lowest BCUT2D eigenvalue weighted by Crippen LogP contribution is -2.43. The van der Waals surface area contributed by atoms with Crippen LogP contribution in [-0.4, -0.2) is 23.9 Å². The Hall–Kier alpha value is -2.34. The molecule has 0 bridgehead atoms. The standard InChI is InChI=1S/C20H19F3N2O/c21-20(22,23)16-7-3-1-6-15(16)12-25-10-9-19(13-25)11-14-5-2-4-8-17(14)24-18(19)26/h1-8H,9-13H2,(H,24,26). The zero-order valence-corrected chi connectivity index (χ0v) is 14.1. The van der Waals surface area contributed by atoms with Crippen molar-refractivity contribution in [2.45, 2.75) is 25.6 Å². The summed E-state index contributed by atoms with van der Waals surface area (Å²) >= 11 is 0. The van der Waals surface area contributed by atoms with Crippen molar-refractivity contribution < 1.29 is 18.0 Å². The number of carbonyl (C=O) groups excluding carboxylic acids is 1. The van der Waals surface area contributed by atoms with E-state index in [0.717, 1.165) is 17.3 Å². The van der Waals surface area contributed by atoms with Crippen LogP contribution in [0.25, 0.3) is 0 Å². The van der Waals surface area contributed by atoms with Crippen molar-refractivity contribution in [2.24, 2.45) is 5.41 Å². The Morgan fingerprint density at radius 1 is 1.08 bits per heavy atom. The van der Waals surface area contributed by atoms with E-state index in [1.807, 2.05) is 29.2 Å². The van der Waals surface area contributed by atoms with Gasteiger partial charge in [0.25, 0.3) is 0 Å². The molecular formula is C20H19F3N2O. The Morgan fingerprint density at radius 3 is 2.62 bits per heavy atom. The zero-order valence-electron chi connectivity index (χ0n) is 14.1. The summed E-state index contributed by atoms with van der Waals surface area (Å²) in [4.78, 5) is 14.6. The maximum Gasteiger partial charge on any atom is 0.416 e. The van der Waals surface area contributed by atoms with Crippen molar-refractivity contribution in [3.8, 4) is 0 Å². The highest BCUT2D eigenvalue weighted by Gasteiger charge is 2.47. The van der Waals surface area contributed by atoms with Gasteiger partial charge in [0.05, 0.1) is 11.0 Å². The fourth-order valence-corrected chi connectivity index (χ4v) is 4.09. The molecule has 4 rings (SSSR count). The molecule has 1 fully saturated rings. The van der Waals surface area contributed by atoms with Crippen LogP contribution in [0.3, 0.4) is 0 Å². The van der Waals surface area contributed by atoms with Crippen LogP contribution < -0.4 is 5.32 Å². The fraction of sp³-hybridized carbons (Fsp3) is 0.350. The molecule has 136 valence electrons. The molecule has 26 heavy (non-hydrogen) atoms. The SMILES string of the molecule is O=C1Nc2ccccc2CC12CCN(Cc1ccccc1C(F)(F)F)C2. The average molecular weight is 360 g/mol. The number of hydrogen-bond donors (Lipinski definition) is 1. The minimum atomic E-state index is -4.37. The van der Waals surface area contributed by atoms with Gasteiger partial charge < -0.3 is 5.32 Å². The summed E-state index contributed by atoms with van der Waals surface area (Å²) in [5.74, 6) is -0.0252. The number of likely N-dealkylation sites (tertiary alicyclic amines) is 1. The second-order valence-electron chi connectivity index (χ2n) is 7.18. The minimum absolute atomic E-state index is 0.0252. The Balaban J connectivity index is 1.54. The number of amides is 1. The largest absolute Gasteiger partial charge is 0.416 e. The van der Waals surface area contributed by atoms with E-state index in [2.05, 4.69) is 5.32 Å². The average Bonchev–Trinajstić information content (AvgIpc) is 2.99. The fourth-order valence-electron chi connectivity index (χ4n) is 4.09. The van der Waals surface area contributed by atoms with E-state index in [1.54, 1.807) is 6.07 Å². The van der Waals surface area contributed by atoms with Crippen molar-refractivity contribution in [3.63, 3.8) is 0 Å². The van der Waals surface area contributed by atoms with E-state index in [-0.39, 0.29) is 18.0 Å². The molecule has 1 saturated heterocycles. The molecule has 0 saturated carbocycles. The number of nitrogens with zero attached hydrogens (tertiary/aromatic N) is 1. The van der Waals surface area contributed by atoms with Crippen molar-refractivity contribution >= 4 is 11.6 Å². The molecule has 6 heteroatoms. The third kappa shape index (κ3) is 2.98. The number of hydrogen-bond acceptors (Lipinski definition) is 2. The lowest BCUT2D eigenvalue weighted by atomic mass is 9.77. The van der Waals surface area contributed by atoms with Gasteiger partial charge in [0, 0.05) is 18.8 Å². The number of carbonyl (C=O) groups is 1. The minimum Gasteiger partial charge on any atom is -0.325 e. The number of nitrogens with one attached hydrogen (secondary N) is 1. The molecule has 3 nitrogen and oxygen atoms in total. The van der Waals surface area contributed by atoms with Gasteiger partial charge in [-0.05, 0) is 42.6 Å². The zero-order chi connectivity index (χ0) is 18.4. The summed E-state index contributed by atoms with van der Waals surface area (Å²) in [6.07, 6.45) is -3.08. The smallest absolute Gasteiger partial charge is 0.325 e. The normalized spacial score (nSPS) is 23.1. The predicted octanol–water partition coefficient (Wildman–Crippen LogP) is 4.09. The molecule has 2 aromatic carbocycles. The van der Waals surface area contributed by atoms with E-state index >= 15 is 0 Å². The second-order valence-corrected chi connectivity index (χ2v) is 7.18. The molecule has 0 radical (unpaired) electrons. The van der Waals surface area contributed by atoms with E-state index < -0.39 is 17.2 Å². The van der Waals surface area contributed by atoms with Gasteiger partial charge in [0.2, 0.25) is 5.91 Å². The van der Waals surface area contributed by atoms with Gasteiger partial charge in [0.1, 0.15) is 0 Å². The van der Waals surface area contributed by atoms with Gasteiger partial charge in [-0.25, -0.2) is 0 Å². The summed E-state index contributed by atoms with van der Waals surface area (Å²) in [6, 6.07) is 13.4. The first kappa shape index (κ1) is 17.1. The molecule has 1 amide bonds. The first-order valence-corrected chi connectivity index (χ1v) is 8.64. The van der Waals surface area contributed by atoms with Crippen molar-refractivity contribution in [2.75, 3.05) is 18.4 Å². The quantitative estimate of drug-likeness (QED) is 0.875.